The van der Waals surface area contributed by atoms with Crippen molar-refractivity contribution in [3.05, 3.63) is 118 Å². The Kier molecular flexibility index (Phi) is 5.83. The first kappa shape index (κ1) is 22.6. The minimum atomic E-state index is -0.299. The zero-order valence-electron chi connectivity index (χ0n) is 19.0. The van der Waals surface area contributed by atoms with Gasteiger partial charge in [0.25, 0.3) is 5.91 Å². The van der Waals surface area contributed by atoms with Gasteiger partial charge in [-0.3, -0.25) is 4.79 Å². The number of halogens is 1. The molecule has 0 bridgehead atoms. The highest BCUT2D eigenvalue weighted by Gasteiger charge is 2.36. The molecule has 0 spiro atoms. The van der Waals surface area contributed by atoms with Crippen molar-refractivity contribution in [1.82, 2.24) is 5.01 Å². The standard InChI is InChI=1S/C29H20ClN3O2S/c30-23-11-9-20(10-12-23)26-17-25(22-8-7-19-3-1-2-4-21(19)16-22)32-33(26)29-31-28(35)27(36-29)15-18-5-13-24(34)14-6-18/h1-16,26,34H,17H2/b27-15-. The Bertz CT molecular complexity index is 1580. The zero-order chi connectivity index (χ0) is 24.6. The molecule has 0 aliphatic carbocycles. The van der Waals surface area contributed by atoms with E-state index in [4.69, 9.17) is 16.7 Å². The molecule has 1 unspecified atom stereocenters. The largest absolute Gasteiger partial charge is 0.508 e. The van der Waals surface area contributed by atoms with Crippen molar-refractivity contribution in [3.63, 3.8) is 0 Å². The van der Waals surface area contributed by atoms with E-state index in [1.165, 1.54) is 17.1 Å². The number of carbonyl (C=O) groups is 1. The summed E-state index contributed by atoms with van der Waals surface area (Å²) in [5, 5.41) is 19.9. The fraction of sp³-hybridized carbons (Fsp3) is 0.0690. The monoisotopic (exact) mass is 509 g/mol. The van der Waals surface area contributed by atoms with E-state index in [9.17, 15) is 9.90 Å². The van der Waals surface area contributed by atoms with Crippen molar-refractivity contribution >= 4 is 57.0 Å². The average molecular weight is 510 g/mol. The molecule has 0 saturated carbocycles. The second-order valence-corrected chi connectivity index (χ2v) is 10.1. The molecular formula is C29H20ClN3O2S. The predicted octanol–water partition coefficient (Wildman–Crippen LogP) is 7.02. The van der Waals surface area contributed by atoms with Crippen LogP contribution in [0.4, 0.5) is 0 Å². The Hall–Kier alpha value is -3.87. The number of thioether (sulfide) groups is 1. The Labute approximate surface area is 217 Å². The van der Waals surface area contributed by atoms with Crippen LogP contribution in [0.3, 0.4) is 0 Å². The van der Waals surface area contributed by atoms with Gasteiger partial charge in [-0.25, -0.2) is 5.01 Å². The van der Waals surface area contributed by atoms with Crippen LogP contribution in [0.1, 0.15) is 29.2 Å². The number of aliphatic imine (C=N–C) groups is 1. The quantitative estimate of drug-likeness (QED) is 0.301. The molecule has 4 aromatic carbocycles. The Morgan fingerprint density at radius 3 is 2.47 bits per heavy atom. The topological polar surface area (TPSA) is 65.3 Å². The van der Waals surface area contributed by atoms with Crippen molar-refractivity contribution in [2.75, 3.05) is 0 Å². The van der Waals surface area contributed by atoms with Gasteiger partial charge < -0.3 is 5.11 Å². The molecule has 1 N–H and O–H groups in total. The third-order valence-corrected chi connectivity index (χ3v) is 7.47. The number of hydrazone groups is 1. The highest BCUT2D eigenvalue weighted by Crippen LogP contribution is 2.40. The summed E-state index contributed by atoms with van der Waals surface area (Å²) in [5.74, 6) is -0.120. The molecule has 2 heterocycles. The van der Waals surface area contributed by atoms with Gasteiger partial charge in [-0.05, 0) is 75.6 Å². The number of nitrogens with zero attached hydrogens (tertiary/aromatic N) is 3. The molecule has 36 heavy (non-hydrogen) atoms. The Balaban J connectivity index is 1.36. The number of rotatable bonds is 3. The van der Waals surface area contributed by atoms with Gasteiger partial charge in [0.15, 0.2) is 5.17 Å². The van der Waals surface area contributed by atoms with Gasteiger partial charge in [0.1, 0.15) is 5.75 Å². The maximum atomic E-state index is 12.8. The minimum absolute atomic E-state index is 0.115. The highest BCUT2D eigenvalue weighted by molar-refractivity contribution is 8.18. The number of carbonyl (C=O) groups excluding carboxylic acids is 1. The lowest BCUT2D eigenvalue weighted by Gasteiger charge is -2.22. The van der Waals surface area contributed by atoms with E-state index in [0.29, 0.717) is 21.5 Å². The lowest BCUT2D eigenvalue weighted by Crippen LogP contribution is -2.23. The molecule has 0 fully saturated rings. The van der Waals surface area contributed by atoms with Crippen molar-refractivity contribution in [3.8, 4) is 5.75 Å². The number of fused-ring (bicyclic) bond motifs is 1. The summed E-state index contributed by atoms with van der Waals surface area (Å²) in [6.07, 6.45) is 2.45. The highest BCUT2D eigenvalue weighted by atomic mass is 35.5. The van der Waals surface area contributed by atoms with Crippen molar-refractivity contribution in [2.45, 2.75) is 12.5 Å². The van der Waals surface area contributed by atoms with E-state index in [0.717, 1.165) is 27.8 Å². The maximum Gasteiger partial charge on any atom is 0.286 e. The molecule has 2 aliphatic heterocycles. The van der Waals surface area contributed by atoms with Crippen LogP contribution in [0.15, 0.2) is 106 Å². The zero-order valence-corrected chi connectivity index (χ0v) is 20.6. The fourth-order valence-corrected chi connectivity index (χ4v) is 5.43. The normalized spacial score (nSPS) is 18.7. The van der Waals surface area contributed by atoms with Crippen LogP contribution in [0.5, 0.6) is 5.75 Å². The van der Waals surface area contributed by atoms with Crippen LogP contribution < -0.4 is 0 Å². The third-order valence-electron chi connectivity index (χ3n) is 6.24. The molecule has 1 atom stereocenters. The molecule has 2 aliphatic rings. The smallest absolute Gasteiger partial charge is 0.286 e. The summed E-state index contributed by atoms with van der Waals surface area (Å²) in [5.41, 5.74) is 3.85. The van der Waals surface area contributed by atoms with Gasteiger partial charge in [0, 0.05) is 11.4 Å². The number of aromatic hydroxyl groups is 1. The van der Waals surface area contributed by atoms with Crippen LogP contribution in [0.2, 0.25) is 5.02 Å². The van der Waals surface area contributed by atoms with Crippen molar-refractivity contribution < 1.29 is 9.90 Å². The first-order valence-electron chi connectivity index (χ1n) is 11.5. The van der Waals surface area contributed by atoms with Crippen molar-refractivity contribution in [1.29, 1.82) is 0 Å². The lowest BCUT2D eigenvalue weighted by atomic mass is 9.97. The summed E-state index contributed by atoms with van der Waals surface area (Å²) in [4.78, 5) is 17.6. The van der Waals surface area contributed by atoms with Gasteiger partial charge in [-0.1, -0.05) is 72.3 Å². The van der Waals surface area contributed by atoms with E-state index in [-0.39, 0.29) is 17.7 Å². The maximum absolute atomic E-state index is 12.8. The molecule has 4 aromatic rings. The number of benzene rings is 4. The van der Waals surface area contributed by atoms with Crippen molar-refractivity contribution in [2.24, 2.45) is 10.1 Å². The van der Waals surface area contributed by atoms with Crippen LogP contribution >= 0.6 is 23.4 Å². The SMILES string of the molecule is O=C1N=C(N2N=C(c3ccc4ccccc4c3)CC2c2ccc(Cl)cc2)S/C1=C\c1ccc(O)cc1. The average Bonchev–Trinajstić information content (AvgIpc) is 3.49. The first-order valence-corrected chi connectivity index (χ1v) is 12.7. The van der Waals surface area contributed by atoms with E-state index in [2.05, 4.69) is 35.3 Å². The lowest BCUT2D eigenvalue weighted by molar-refractivity contribution is -0.113. The number of phenols is 1. The van der Waals surface area contributed by atoms with Crippen LogP contribution in [0.25, 0.3) is 16.8 Å². The number of amides is 1. The van der Waals surface area contributed by atoms with E-state index in [1.54, 1.807) is 30.3 Å². The first-order chi connectivity index (χ1) is 17.5. The Morgan fingerprint density at radius 1 is 0.944 bits per heavy atom. The Morgan fingerprint density at radius 2 is 1.69 bits per heavy atom. The van der Waals surface area contributed by atoms with E-state index in [1.807, 2.05) is 41.4 Å². The molecule has 6 rings (SSSR count). The van der Waals surface area contributed by atoms with Gasteiger partial charge >= 0.3 is 0 Å². The number of phenolic OH excluding ortho intramolecular Hbond substituents is 1. The van der Waals surface area contributed by atoms with Gasteiger partial charge in [-0.15, -0.1) is 0 Å². The fourth-order valence-electron chi connectivity index (χ4n) is 4.39. The molecule has 0 saturated heterocycles. The van der Waals surface area contributed by atoms with Crippen LogP contribution in [-0.4, -0.2) is 26.9 Å². The van der Waals surface area contributed by atoms with Crippen LogP contribution in [0, 0.1) is 0 Å². The molecule has 7 heteroatoms. The molecule has 0 aromatic heterocycles. The number of hydrogen-bond donors (Lipinski definition) is 1. The summed E-state index contributed by atoms with van der Waals surface area (Å²) in [6.45, 7) is 0. The number of amidine groups is 1. The van der Waals surface area contributed by atoms with Gasteiger partial charge in [0.2, 0.25) is 0 Å². The molecule has 5 nitrogen and oxygen atoms in total. The van der Waals surface area contributed by atoms with E-state index < -0.39 is 0 Å². The van der Waals surface area contributed by atoms with Gasteiger partial charge in [-0.2, -0.15) is 10.1 Å². The molecule has 1 amide bonds. The molecule has 176 valence electrons. The second-order valence-electron chi connectivity index (χ2n) is 8.63. The van der Waals surface area contributed by atoms with Gasteiger partial charge in [0.05, 0.1) is 16.7 Å². The molecular weight excluding hydrogens is 490 g/mol. The minimum Gasteiger partial charge on any atom is -0.508 e. The van der Waals surface area contributed by atoms with E-state index >= 15 is 0 Å². The van der Waals surface area contributed by atoms with Crippen LogP contribution in [-0.2, 0) is 4.79 Å². The summed E-state index contributed by atoms with van der Waals surface area (Å²) < 4.78 is 0. The predicted molar refractivity (Wildman–Crippen MR) is 147 cm³/mol. The number of hydrogen-bond acceptors (Lipinski definition) is 5. The second kappa shape index (κ2) is 9.30. The summed E-state index contributed by atoms with van der Waals surface area (Å²) in [7, 11) is 0. The summed E-state index contributed by atoms with van der Waals surface area (Å²) in [6, 6.07) is 28.9. The molecule has 0 radical (unpaired) electrons. The summed E-state index contributed by atoms with van der Waals surface area (Å²) >= 11 is 7.46. The third kappa shape index (κ3) is 4.41.